The van der Waals surface area contributed by atoms with Crippen LogP contribution in [0, 0.1) is 0 Å². The first-order valence-corrected chi connectivity index (χ1v) is 5.20. The third kappa shape index (κ3) is 2.78. The number of ether oxygens (including phenoxy) is 1. The molecule has 5 heteroatoms. The highest BCUT2D eigenvalue weighted by molar-refractivity contribution is 7.09. The van der Waals surface area contributed by atoms with Crippen LogP contribution in [0.25, 0.3) is 0 Å². The standard InChI is InChI=1S/C9H13NO3S/c1-6(3-4-13-2)8-10-7(5-14-8)9(11)12/h5-6H,3-4H2,1-2H3,(H,11,12). The van der Waals surface area contributed by atoms with E-state index in [9.17, 15) is 4.79 Å². The van der Waals surface area contributed by atoms with Gasteiger partial charge in [-0.2, -0.15) is 0 Å². The molecule has 1 aromatic rings. The van der Waals surface area contributed by atoms with Crippen LogP contribution in [-0.4, -0.2) is 29.8 Å². The number of rotatable bonds is 5. The van der Waals surface area contributed by atoms with Crippen LogP contribution in [0.4, 0.5) is 0 Å². The predicted octanol–water partition coefficient (Wildman–Crippen LogP) is 1.98. The minimum atomic E-state index is -0.966. The molecule has 0 fully saturated rings. The van der Waals surface area contributed by atoms with Gasteiger partial charge in [0.15, 0.2) is 5.69 Å². The molecule has 0 aliphatic carbocycles. The summed E-state index contributed by atoms with van der Waals surface area (Å²) < 4.78 is 4.95. The quantitative estimate of drug-likeness (QED) is 0.815. The minimum absolute atomic E-state index is 0.134. The maximum absolute atomic E-state index is 10.6. The minimum Gasteiger partial charge on any atom is -0.476 e. The van der Waals surface area contributed by atoms with Gasteiger partial charge in [-0.3, -0.25) is 0 Å². The number of thiazole rings is 1. The molecule has 0 amide bonds. The molecule has 1 N–H and O–H groups in total. The van der Waals surface area contributed by atoms with E-state index < -0.39 is 5.97 Å². The predicted molar refractivity (Wildman–Crippen MR) is 54.0 cm³/mol. The summed E-state index contributed by atoms with van der Waals surface area (Å²) in [5.41, 5.74) is 0.134. The highest BCUT2D eigenvalue weighted by Crippen LogP contribution is 2.22. The second-order valence-corrected chi connectivity index (χ2v) is 3.95. The number of carboxylic acids is 1. The van der Waals surface area contributed by atoms with Crippen LogP contribution >= 0.6 is 11.3 Å². The number of carbonyl (C=O) groups is 1. The zero-order valence-corrected chi connectivity index (χ0v) is 9.00. The number of aromatic carboxylic acids is 1. The molecule has 0 spiro atoms. The van der Waals surface area contributed by atoms with Gasteiger partial charge in [0, 0.05) is 25.0 Å². The Morgan fingerprint density at radius 3 is 3.00 bits per heavy atom. The number of methoxy groups -OCH3 is 1. The summed E-state index contributed by atoms with van der Waals surface area (Å²) in [6.45, 7) is 2.69. The summed E-state index contributed by atoms with van der Waals surface area (Å²) in [4.78, 5) is 14.6. The molecule has 1 aromatic heterocycles. The molecule has 1 rings (SSSR count). The molecule has 0 aromatic carbocycles. The van der Waals surface area contributed by atoms with E-state index in [0.717, 1.165) is 11.4 Å². The Morgan fingerprint density at radius 1 is 1.79 bits per heavy atom. The molecule has 0 aliphatic heterocycles. The van der Waals surface area contributed by atoms with Crippen molar-refractivity contribution in [2.24, 2.45) is 0 Å². The Morgan fingerprint density at radius 2 is 2.50 bits per heavy atom. The smallest absolute Gasteiger partial charge is 0.355 e. The first-order valence-electron chi connectivity index (χ1n) is 4.32. The van der Waals surface area contributed by atoms with E-state index in [4.69, 9.17) is 9.84 Å². The van der Waals surface area contributed by atoms with Gasteiger partial charge in [0.1, 0.15) is 0 Å². The number of nitrogens with zero attached hydrogens (tertiary/aromatic N) is 1. The lowest BCUT2D eigenvalue weighted by Crippen LogP contribution is -2.01. The van der Waals surface area contributed by atoms with Gasteiger partial charge in [-0.1, -0.05) is 6.92 Å². The van der Waals surface area contributed by atoms with Gasteiger partial charge in [0.25, 0.3) is 0 Å². The Hall–Kier alpha value is -0.940. The molecule has 0 bridgehead atoms. The van der Waals surface area contributed by atoms with Crippen molar-refractivity contribution < 1.29 is 14.6 Å². The fraction of sp³-hybridized carbons (Fsp3) is 0.556. The Labute approximate surface area is 86.6 Å². The van der Waals surface area contributed by atoms with Crippen LogP contribution in [0.15, 0.2) is 5.38 Å². The first kappa shape index (κ1) is 11.1. The molecule has 0 saturated carbocycles. The third-order valence-corrected chi connectivity index (χ3v) is 2.99. The van der Waals surface area contributed by atoms with Crippen LogP contribution in [0.5, 0.6) is 0 Å². The van der Waals surface area contributed by atoms with E-state index >= 15 is 0 Å². The van der Waals surface area contributed by atoms with Crippen LogP contribution in [0.2, 0.25) is 0 Å². The van der Waals surface area contributed by atoms with Gasteiger partial charge in [0.2, 0.25) is 0 Å². The van der Waals surface area contributed by atoms with Crippen LogP contribution in [-0.2, 0) is 4.74 Å². The Kier molecular flexibility index (Phi) is 4.03. The molecule has 1 heterocycles. The zero-order valence-electron chi connectivity index (χ0n) is 8.19. The highest BCUT2D eigenvalue weighted by Gasteiger charge is 2.13. The third-order valence-electron chi connectivity index (χ3n) is 1.92. The zero-order chi connectivity index (χ0) is 10.6. The molecule has 4 nitrogen and oxygen atoms in total. The average Bonchev–Trinajstić information content (AvgIpc) is 2.62. The molecule has 1 atom stereocenters. The molecular weight excluding hydrogens is 202 g/mol. The summed E-state index contributed by atoms with van der Waals surface area (Å²) in [5.74, 6) is -0.709. The van der Waals surface area contributed by atoms with E-state index in [-0.39, 0.29) is 11.6 Å². The van der Waals surface area contributed by atoms with Crippen molar-refractivity contribution in [3.8, 4) is 0 Å². The van der Waals surface area contributed by atoms with Crippen molar-refractivity contribution in [1.82, 2.24) is 4.98 Å². The maximum atomic E-state index is 10.6. The van der Waals surface area contributed by atoms with E-state index in [2.05, 4.69) is 4.98 Å². The molecule has 1 unspecified atom stereocenters. The molecular formula is C9H13NO3S. The van der Waals surface area contributed by atoms with Crippen molar-refractivity contribution in [2.75, 3.05) is 13.7 Å². The molecule has 78 valence electrons. The van der Waals surface area contributed by atoms with Crippen molar-refractivity contribution in [3.63, 3.8) is 0 Å². The van der Waals surface area contributed by atoms with Gasteiger partial charge < -0.3 is 9.84 Å². The van der Waals surface area contributed by atoms with Gasteiger partial charge in [-0.25, -0.2) is 9.78 Å². The van der Waals surface area contributed by atoms with Crippen molar-refractivity contribution in [2.45, 2.75) is 19.3 Å². The monoisotopic (exact) mass is 215 g/mol. The topological polar surface area (TPSA) is 59.4 Å². The highest BCUT2D eigenvalue weighted by atomic mass is 32.1. The first-order chi connectivity index (χ1) is 6.65. The van der Waals surface area contributed by atoms with E-state index in [0.29, 0.717) is 6.61 Å². The average molecular weight is 215 g/mol. The summed E-state index contributed by atoms with van der Waals surface area (Å²) in [6, 6.07) is 0. The lowest BCUT2D eigenvalue weighted by Gasteiger charge is -2.05. The number of hydrogen-bond donors (Lipinski definition) is 1. The second kappa shape index (κ2) is 5.07. The summed E-state index contributed by atoms with van der Waals surface area (Å²) in [6.07, 6.45) is 0.864. The van der Waals surface area contributed by atoms with Gasteiger partial charge in [0.05, 0.1) is 5.01 Å². The summed E-state index contributed by atoms with van der Waals surface area (Å²) >= 11 is 1.39. The lowest BCUT2D eigenvalue weighted by molar-refractivity contribution is 0.0691. The van der Waals surface area contributed by atoms with Crippen molar-refractivity contribution in [3.05, 3.63) is 16.1 Å². The van der Waals surface area contributed by atoms with Crippen molar-refractivity contribution in [1.29, 1.82) is 0 Å². The van der Waals surface area contributed by atoms with Crippen LogP contribution in [0.1, 0.15) is 34.8 Å². The lowest BCUT2D eigenvalue weighted by atomic mass is 10.1. The van der Waals surface area contributed by atoms with Crippen molar-refractivity contribution >= 4 is 17.3 Å². The fourth-order valence-electron chi connectivity index (χ4n) is 1.03. The van der Waals surface area contributed by atoms with Gasteiger partial charge in [-0.15, -0.1) is 11.3 Å². The van der Waals surface area contributed by atoms with E-state index in [1.54, 1.807) is 12.5 Å². The summed E-state index contributed by atoms with van der Waals surface area (Å²) in [7, 11) is 1.65. The maximum Gasteiger partial charge on any atom is 0.355 e. The van der Waals surface area contributed by atoms with Gasteiger partial charge >= 0.3 is 5.97 Å². The summed E-state index contributed by atoms with van der Waals surface area (Å²) in [5, 5.41) is 11.1. The SMILES string of the molecule is COCCC(C)c1nc(C(=O)O)cs1. The Balaban J connectivity index is 2.61. The van der Waals surface area contributed by atoms with Crippen LogP contribution < -0.4 is 0 Å². The van der Waals surface area contributed by atoms with Crippen LogP contribution in [0.3, 0.4) is 0 Å². The van der Waals surface area contributed by atoms with Gasteiger partial charge in [-0.05, 0) is 6.42 Å². The fourth-order valence-corrected chi connectivity index (χ4v) is 1.92. The largest absolute Gasteiger partial charge is 0.476 e. The Bertz CT molecular complexity index is 311. The number of carboxylic acid groups (broad SMARTS) is 1. The normalized spacial score (nSPS) is 12.7. The molecule has 0 radical (unpaired) electrons. The molecule has 0 saturated heterocycles. The van der Waals surface area contributed by atoms with E-state index in [1.807, 2.05) is 6.92 Å². The molecule has 0 aliphatic rings. The number of aromatic nitrogens is 1. The number of hydrogen-bond acceptors (Lipinski definition) is 4. The van der Waals surface area contributed by atoms with E-state index in [1.165, 1.54) is 11.3 Å². The molecule has 14 heavy (non-hydrogen) atoms. The second-order valence-electron chi connectivity index (χ2n) is 3.06.